The van der Waals surface area contributed by atoms with Crippen LogP contribution in [0.5, 0.6) is 0 Å². The minimum atomic E-state index is -1.51. The number of ether oxygens (including phenoxy) is 2. The van der Waals surface area contributed by atoms with Gasteiger partial charge in [0.15, 0.2) is 12.1 Å². The molecule has 2 spiro atoms. The number of fused-ring (bicyclic) bond motifs is 4. The van der Waals surface area contributed by atoms with E-state index in [1.807, 2.05) is 6.92 Å². The summed E-state index contributed by atoms with van der Waals surface area (Å²) in [6.45, 7) is 10.7. The summed E-state index contributed by atoms with van der Waals surface area (Å²) in [4.78, 5) is 12.7. The van der Waals surface area contributed by atoms with Gasteiger partial charge in [0.2, 0.25) is 0 Å². The lowest BCUT2D eigenvalue weighted by Crippen LogP contribution is -2.61. The molecule has 7 rings (SSSR count). The summed E-state index contributed by atoms with van der Waals surface area (Å²) >= 11 is 0. The van der Waals surface area contributed by atoms with Gasteiger partial charge in [-0.2, -0.15) is 0 Å². The van der Waals surface area contributed by atoms with E-state index in [1.54, 1.807) is 0 Å². The van der Waals surface area contributed by atoms with E-state index in [0.717, 1.165) is 19.3 Å². The zero-order valence-electron chi connectivity index (χ0n) is 24.9. The van der Waals surface area contributed by atoms with Gasteiger partial charge in [-0.05, 0) is 77.9 Å². The quantitative estimate of drug-likeness (QED) is 0.268. The number of Topliss-reactive ketones (excluding diaryl/α,β-unsaturated/α-hetero) is 1. The average Bonchev–Trinajstić information content (AvgIpc) is 3.53. The third-order valence-electron chi connectivity index (χ3n) is 14.2. The highest BCUT2D eigenvalue weighted by molar-refractivity contribution is 5.86. The second kappa shape index (κ2) is 8.42. The number of carbonyl (C=O) groups excluding carboxylic acids is 1. The van der Waals surface area contributed by atoms with E-state index in [-0.39, 0.29) is 53.5 Å². The van der Waals surface area contributed by atoms with Crippen molar-refractivity contribution >= 4 is 5.78 Å². The van der Waals surface area contributed by atoms with Gasteiger partial charge in [0.1, 0.15) is 30.0 Å². The summed E-state index contributed by atoms with van der Waals surface area (Å²) in [7, 11) is 0. The molecule has 1 aliphatic heterocycles. The highest BCUT2D eigenvalue weighted by Crippen LogP contribution is 2.88. The van der Waals surface area contributed by atoms with Gasteiger partial charge in [0.05, 0.1) is 18.8 Å². The Morgan fingerprint density at radius 3 is 2.44 bits per heavy atom. The molecule has 6 N–H and O–H groups in total. The predicted molar refractivity (Wildman–Crippen MR) is 146 cm³/mol. The van der Waals surface area contributed by atoms with Crippen LogP contribution in [0.3, 0.4) is 0 Å². The van der Waals surface area contributed by atoms with Crippen molar-refractivity contribution < 1.29 is 44.9 Å². The molecule has 0 aromatic heterocycles. The van der Waals surface area contributed by atoms with Gasteiger partial charge in [-0.3, -0.25) is 4.79 Å². The summed E-state index contributed by atoms with van der Waals surface area (Å²) in [5.74, 6) is -0.455. The normalized spacial score (nSPS) is 60.7. The van der Waals surface area contributed by atoms with Gasteiger partial charge >= 0.3 is 0 Å². The molecule has 1 saturated heterocycles. The van der Waals surface area contributed by atoms with Crippen LogP contribution in [0.1, 0.15) is 79.6 Å². The number of aliphatic hydroxyl groups excluding tert-OH is 5. The lowest BCUT2D eigenvalue weighted by Gasteiger charge is -2.61. The molecule has 9 nitrogen and oxygen atoms in total. The van der Waals surface area contributed by atoms with E-state index in [1.165, 1.54) is 5.57 Å². The third kappa shape index (κ3) is 3.18. The summed E-state index contributed by atoms with van der Waals surface area (Å²) in [5, 5.41) is 65.8. The Bertz CT molecular complexity index is 1190. The molecule has 41 heavy (non-hydrogen) atoms. The number of rotatable bonds is 2. The minimum absolute atomic E-state index is 0.0856. The van der Waals surface area contributed by atoms with E-state index in [0.29, 0.717) is 19.3 Å². The number of ketones is 1. The number of hydrogen-bond donors (Lipinski definition) is 6. The fourth-order valence-corrected chi connectivity index (χ4v) is 12.3. The van der Waals surface area contributed by atoms with Crippen LogP contribution in [0.15, 0.2) is 11.6 Å². The smallest absolute Gasteiger partial charge is 0.186 e. The molecule has 9 heteroatoms. The Hall–Kier alpha value is -0.910. The zero-order chi connectivity index (χ0) is 29.7. The molecule has 7 aliphatic rings. The van der Waals surface area contributed by atoms with Crippen LogP contribution in [0, 0.1) is 44.8 Å². The molecule has 0 amide bonds. The van der Waals surface area contributed by atoms with Crippen molar-refractivity contribution in [1.82, 2.24) is 0 Å². The summed E-state index contributed by atoms with van der Waals surface area (Å²) in [6, 6.07) is 0. The first-order valence-electron chi connectivity index (χ1n) is 15.6. The highest BCUT2D eigenvalue weighted by Gasteiger charge is 2.85. The van der Waals surface area contributed by atoms with E-state index in [4.69, 9.17) is 9.47 Å². The van der Waals surface area contributed by atoms with E-state index in [2.05, 4.69) is 33.8 Å². The Balaban J connectivity index is 1.23. The molecular weight excluding hydrogens is 528 g/mol. The maximum absolute atomic E-state index is 12.7. The fourth-order valence-electron chi connectivity index (χ4n) is 12.3. The van der Waals surface area contributed by atoms with Crippen molar-refractivity contribution in [3.05, 3.63) is 11.6 Å². The summed E-state index contributed by atoms with van der Waals surface area (Å²) in [5.41, 5.74) is -2.07. The first-order chi connectivity index (χ1) is 19.0. The molecule has 0 radical (unpaired) electrons. The Morgan fingerprint density at radius 2 is 1.73 bits per heavy atom. The van der Waals surface area contributed by atoms with Crippen LogP contribution < -0.4 is 0 Å². The maximum atomic E-state index is 12.7. The van der Waals surface area contributed by atoms with Crippen LogP contribution in [0.25, 0.3) is 0 Å². The zero-order valence-corrected chi connectivity index (χ0v) is 24.9. The maximum Gasteiger partial charge on any atom is 0.186 e. The lowest BCUT2D eigenvalue weighted by atomic mass is 9.44. The van der Waals surface area contributed by atoms with Gasteiger partial charge in [-0.25, -0.2) is 0 Å². The van der Waals surface area contributed by atoms with E-state index < -0.39 is 58.7 Å². The Labute approximate surface area is 241 Å². The van der Waals surface area contributed by atoms with Gasteiger partial charge in [-0.1, -0.05) is 46.3 Å². The number of hydrogen-bond acceptors (Lipinski definition) is 9. The minimum Gasteiger partial charge on any atom is -0.392 e. The van der Waals surface area contributed by atoms with E-state index >= 15 is 0 Å². The number of carbonyl (C=O) groups is 1. The van der Waals surface area contributed by atoms with Crippen molar-refractivity contribution in [3.8, 4) is 0 Å². The molecule has 230 valence electrons. The molecule has 6 aliphatic carbocycles. The molecule has 0 aromatic rings. The summed E-state index contributed by atoms with van der Waals surface area (Å²) in [6.07, 6.45) is -0.461. The van der Waals surface area contributed by atoms with Crippen molar-refractivity contribution in [1.29, 1.82) is 0 Å². The standard InChI is InChI=1S/C32H48O9/c1-15-10-16(33)25(38)32(39)13-29(5)19-7-6-18-27(2,3)21(41-26-23(37)22(36)17(34)12-40-26)8-9-30(18)14-31(19,30)20(35)11-28(29,4)24(15)32/h7,15,17-18,20-26,34-39H,6,8-14H2,1-5H3/t15-,17-,18?,20+,21+,22+,23-,24-,25+,26+,28-,29+,30-,31+,32-/m1/s1. The van der Waals surface area contributed by atoms with Gasteiger partial charge in [0, 0.05) is 11.8 Å². The second-order valence-corrected chi connectivity index (χ2v) is 16.1. The second-order valence-electron chi connectivity index (χ2n) is 16.1. The first kappa shape index (κ1) is 28.8. The van der Waals surface area contributed by atoms with Gasteiger partial charge < -0.3 is 40.1 Å². The Kier molecular flexibility index (Phi) is 5.92. The molecule has 5 saturated carbocycles. The molecular formula is C32H48O9. The van der Waals surface area contributed by atoms with Crippen LogP contribution in [0.4, 0.5) is 0 Å². The monoisotopic (exact) mass is 576 g/mol. The first-order valence-corrected chi connectivity index (χ1v) is 15.6. The summed E-state index contributed by atoms with van der Waals surface area (Å²) < 4.78 is 11.9. The van der Waals surface area contributed by atoms with Crippen LogP contribution in [-0.4, -0.2) is 91.5 Å². The largest absolute Gasteiger partial charge is 0.392 e. The molecule has 0 aromatic carbocycles. The lowest BCUT2D eigenvalue weighted by molar-refractivity contribution is -0.301. The van der Waals surface area contributed by atoms with E-state index in [9.17, 15) is 35.4 Å². The average molecular weight is 577 g/mol. The van der Waals surface area contributed by atoms with Gasteiger partial charge in [0.25, 0.3) is 0 Å². The molecule has 1 heterocycles. The molecule has 0 bridgehead atoms. The molecule has 6 fully saturated rings. The van der Waals surface area contributed by atoms with Crippen molar-refractivity contribution in [2.45, 2.75) is 128 Å². The van der Waals surface area contributed by atoms with Crippen LogP contribution >= 0.6 is 0 Å². The predicted octanol–water partition coefficient (Wildman–Crippen LogP) is 1.45. The molecule has 15 atom stereocenters. The van der Waals surface area contributed by atoms with Crippen LogP contribution in [0.2, 0.25) is 0 Å². The third-order valence-corrected chi connectivity index (χ3v) is 14.2. The van der Waals surface area contributed by atoms with Crippen molar-refractivity contribution in [2.24, 2.45) is 44.8 Å². The molecule has 1 unspecified atom stereocenters. The fraction of sp³-hybridized carbons (Fsp3) is 0.906. The highest BCUT2D eigenvalue weighted by atomic mass is 16.7. The topological polar surface area (TPSA) is 157 Å². The SMILES string of the molecule is C[C@@H]1CC(=O)[C@H](O)[C@@]2(O)C[C@@]3(C)C4=CCC5C(C)(C)[C@@H](O[C@@H]6OC[C@@H](O)[C@H](O)[C@H]6O)CC[C@@]56C[C@@]46[C@@H](O)C[C@]3(C)[C@@H]12. The van der Waals surface area contributed by atoms with Crippen molar-refractivity contribution in [2.75, 3.05) is 6.61 Å². The Morgan fingerprint density at radius 1 is 1.02 bits per heavy atom. The number of allylic oxidation sites excluding steroid dienone is 1. The number of aliphatic hydroxyl groups is 6. The van der Waals surface area contributed by atoms with Crippen molar-refractivity contribution in [3.63, 3.8) is 0 Å². The van der Waals surface area contributed by atoms with Crippen LogP contribution in [-0.2, 0) is 14.3 Å². The van der Waals surface area contributed by atoms with Gasteiger partial charge in [-0.15, -0.1) is 0 Å².